The molecule has 0 unspecified atom stereocenters. The lowest BCUT2D eigenvalue weighted by atomic mass is 9.99. The van der Waals surface area contributed by atoms with Gasteiger partial charge in [-0.15, -0.1) is 0 Å². The Morgan fingerprint density at radius 1 is 0.430 bits per heavy atom. The zero-order valence-electron chi connectivity index (χ0n) is 50.3. The summed E-state index contributed by atoms with van der Waals surface area (Å²) in [5.74, 6) is -8.34. The van der Waals surface area contributed by atoms with Gasteiger partial charge in [-0.3, -0.25) is 43.2 Å². The number of hydrogen-bond donors (Lipinski definition) is 14. The lowest BCUT2D eigenvalue weighted by Crippen LogP contribution is -2.61. The van der Waals surface area contributed by atoms with Crippen LogP contribution in [-0.4, -0.2) is 165 Å². The molecule has 26 heteroatoms. The van der Waals surface area contributed by atoms with Crippen LogP contribution in [0.2, 0.25) is 0 Å². The predicted molar refractivity (Wildman–Crippen MR) is 336 cm³/mol. The molecule has 0 radical (unpaired) electrons. The first kappa shape index (κ1) is 73.2. The van der Waals surface area contributed by atoms with Gasteiger partial charge in [0.15, 0.2) is 0 Å². The normalized spacial score (nSPS) is 14.8. The Kier molecular flexibility index (Phi) is 31.9. The number of rotatable bonds is 37. The smallest absolute Gasteiger partial charge is 0.326 e. The molecule has 9 amide bonds. The van der Waals surface area contributed by atoms with Crippen molar-refractivity contribution >= 4 is 95.3 Å². The van der Waals surface area contributed by atoms with Gasteiger partial charge in [-0.1, -0.05) is 96.1 Å². The van der Waals surface area contributed by atoms with Crippen LogP contribution in [0.5, 0.6) is 11.5 Å². The number of nitrogens with one attached hydrogen (secondary N) is 9. The Morgan fingerprint density at radius 3 is 1.13 bits per heavy atom. The van der Waals surface area contributed by atoms with E-state index in [1.807, 2.05) is 27.7 Å². The summed E-state index contributed by atoms with van der Waals surface area (Å²) in [5.41, 5.74) is 7.38. The van der Waals surface area contributed by atoms with Gasteiger partial charge in [0, 0.05) is 25.0 Å². The van der Waals surface area contributed by atoms with Gasteiger partial charge in [0.25, 0.3) is 0 Å². The number of carboxylic acid groups (broad SMARTS) is 1. The molecule has 0 aliphatic rings. The van der Waals surface area contributed by atoms with Crippen molar-refractivity contribution in [3.05, 3.63) is 95.6 Å². The summed E-state index contributed by atoms with van der Waals surface area (Å²) >= 11 is 7.13. The molecule has 0 aliphatic carbocycles. The van der Waals surface area contributed by atoms with Crippen LogP contribution in [0.15, 0.2) is 78.9 Å². The maximum absolute atomic E-state index is 14.7. The van der Waals surface area contributed by atoms with Crippen LogP contribution in [0.4, 0.5) is 0 Å². The van der Waals surface area contributed by atoms with E-state index in [9.17, 15) is 63.3 Å². The summed E-state index contributed by atoms with van der Waals surface area (Å²) in [5, 5.41) is 54.2. The minimum absolute atomic E-state index is 0.0253. The topological polar surface area (TPSA) is 366 Å². The number of hydrogen-bond acceptors (Lipinski definition) is 16. The standard InChI is InChI=1S/C60H88N10O13S3/c1-33(2)27-44(54(76)62-43(24-26-86-9)53(75)68-48(60(82)83)31-39-17-21-41(72)22-18-39)64-57(79)47(30-38-15-19-40(71)20-16-38)65-52(74)42(23-25-85-8)63-56(78)46(29-37-13-11-10-12-14-37)66-58(80)49(32-84)69-55(77)45(28-34(3)4)67-59(81)50(35(5)6)70-51(73)36(7)61/h10-22,33-36,42-50,71-72,84H,23-32,61H2,1-9H3,(H,62,76)(H,63,78)(H,64,79)(H,65,74)(H,66,80)(H,67,81)(H,68,75)(H,69,77)(H,70,73)(H,82,83)/t36-,42-,43-,44-,45-,46-,47-,48-,49-,50-/m0/s1. The summed E-state index contributed by atoms with van der Waals surface area (Å²) in [6, 6.07) is 7.96. The number of carboxylic acids is 1. The third kappa shape index (κ3) is 25.9. The molecule has 0 saturated carbocycles. The summed E-state index contributed by atoms with van der Waals surface area (Å²) in [6.45, 7) is 12.2. The molecule has 0 fully saturated rings. The van der Waals surface area contributed by atoms with Crippen molar-refractivity contribution in [2.75, 3.05) is 29.8 Å². The Bertz CT molecular complexity index is 2710. The van der Waals surface area contributed by atoms with Gasteiger partial charge < -0.3 is 68.9 Å². The minimum Gasteiger partial charge on any atom is -0.508 e. The number of thiol groups is 1. The fourth-order valence-corrected chi connectivity index (χ4v) is 10.0. The number of aliphatic carboxylic acids is 1. The maximum Gasteiger partial charge on any atom is 0.326 e. The lowest BCUT2D eigenvalue weighted by Gasteiger charge is -2.29. The van der Waals surface area contributed by atoms with Crippen LogP contribution in [0.1, 0.15) is 90.8 Å². The molecule has 14 N–H and O–H groups in total. The highest BCUT2D eigenvalue weighted by atomic mass is 32.2. The monoisotopic (exact) mass is 1250 g/mol. The SMILES string of the molecule is CSCC[C@H](NC(=O)[C@H](CC(C)C)NC(=O)[C@H](Cc1ccc(O)cc1)NC(=O)[C@H](CCSC)NC(=O)[C@H](Cc1ccccc1)NC(=O)[C@H](CS)NC(=O)[C@H](CC(C)C)NC(=O)[C@@H](NC(=O)[C@H](C)N)C(C)C)C(=O)N[C@@H](Cc1ccc(O)cc1)C(=O)O. The number of thioether (sulfide) groups is 2. The van der Waals surface area contributed by atoms with Crippen LogP contribution in [-0.2, 0) is 67.2 Å². The van der Waals surface area contributed by atoms with E-state index in [-0.39, 0.29) is 80.0 Å². The number of phenols is 2. The molecular formula is C60H88N10O13S3. The Hall–Kier alpha value is -7.03. The van der Waals surface area contributed by atoms with E-state index in [2.05, 4.69) is 60.5 Å². The van der Waals surface area contributed by atoms with E-state index in [0.29, 0.717) is 28.2 Å². The van der Waals surface area contributed by atoms with Crippen molar-refractivity contribution in [2.45, 2.75) is 154 Å². The highest BCUT2D eigenvalue weighted by Gasteiger charge is 2.36. The minimum atomic E-state index is -1.41. The van der Waals surface area contributed by atoms with E-state index in [1.165, 1.54) is 66.8 Å². The van der Waals surface area contributed by atoms with E-state index in [1.54, 1.807) is 68.8 Å². The van der Waals surface area contributed by atoms with E-state index >= 15 is 0 Å². The van der Waals surface area contributed by atoms with Crippen LogP contribution >= 0.6 is 36.2 Å². The number of phenolic OH excluding ortho intramolecular Hbond substituents is 2. The summed E-state index contributed by atoms with van der Waals surface area (Å²) < 4.78 is 0. The van der Waals surface area contributed by atoms with Crippen molar-refractivity contribution in [3.63, 3.8) is 0 Å². The van der Waals surface area contributed by atoms with Gasteiger partial charge in [-0.05, 0) is 115 Å². The number of benzene rings is 3. The summed E-state index contributed by atoms with van der Waals surface area (Å²) in [7, 11) is 0. The third-order valence-electron chi connectivity index (χ3n) is 13.6. The third-order valence-corrected chi connectivity index (χ3v) is 15.2. The zero-order chi connectivity index (χ0) is 64.2. The molecule has 23 nitrogen and oxygen atoms in total. The summed E-state index contributed by atoms with van der Waals surface area (Å²) in [6.07, 6.45) is 3.56. The largest absolute Gasteiger partial charge is 0.508 e. The first-order chi connectivity index (χ1) is 40.7. The molecule has 474 valence electrons. The summed E-state index contributed by atoms with van der Waals surface area (Å²) in [4.78, 5) is 139. The number of amides is 9. The van der Waals surface area contributed by atoms with Crippen molar-refractivity contribution in [2.24, 2.45) is 23.5 Å². The predicted octanol–water partition coefficient (Wildman–Crippen LogP) is 2.10. The second-order valence-corrected chi connectivity index (χ2v) is 24.6. The molecule has 3 aromatic carbocycles. The fraction of sp³-hybridized carbons (Fsp3) is 0.533. The number of carbonyl (C=O) groups is 10. The molecule has 0 spiro atoms. The molecule has 10 atom stereocenters. The van der Waals surface area contributed by atoms with Crippen molar-refractivity contribution in [1.82, 2.24) is 47.9 Å². The molecule has 0 heterocycles. The molecular weight excluding hydrogens is 1160 g/mol. The maximum atomic E-state index is 14.7. The van der Waals surface area contributed by atoms with Crippen molar-refractivity contribution in [3.8, 4) is 11.5 Å². The zero-order valence-corrected chi connectivity index (χ0v) is 52.9. The van der Waals surface area contributed by atoms with Crippen LogP contribution in [0, 0.1) is 17.8 Å². The second-order valence-electron chi connectivity index (χ2n) is 22.3. The first-order valence-electron chi connectivity index (χ1n) is 28.6. The van der Waals surface area contributed by atoms with Crippen molar-refractivity contribution < 1.29 is 63.3 Å². The van der Waals surface area contributed by atoms with E-state index in [4.69, 9.17) is 5.73 Å². The van der Waals surface area contributed by atoms with Crippen LogP contribution in [0.3, 0.4) is 0 Å². The molecule has 86 heavy (non-hydrogen) atoms. The first-order valence-corrected chi connectivity index (χ1v) is 32.0. The highest BCUT2D eigenvalue weighted by Crippen LogP contribution is 2.17. The van der Waals surface area contributed by atoms with Gasteiger partial charge in [-0.2, -0.15) is 36.2 Å². The number of carbonyl (C=O) groups excluding carboxylic acids is 9. The number of nitrogens with two attached hydrogens (primary N) is 1. The van der Waals surface area contributed by atoms with Gasteiger partial charge in [0.2, 0.25) is 53.2 Å². The van der Waals surface area contributed by atoms with Gasteiger partial charge in [0.05, 0.1) is 6.04 Å². The Balaban J connectivity index is 1.95. The number of aromatic hydroxyl groups is 2. The average Bonchev–Trinajstić information content (AvgIpc) is 3.19. The average molecular weight is 1250 g/mol. The quantitative estimate of drug-likeness (QED) is 0.0368. The molecule has 3 rings (SSSR count). The fourth-order valence-electron chi connectivity index (χ4n) is 8.80. The van der Waals surface area contributed by atoms with Gasteiger partial charge in [-0.25, -0.2) is 4.79 Å². The lowest BCUT2D eigenvalue weighted by molar-refractivity contribution is -0.142. The Morgan fingerprint density at radius 2 is 0.756 bits per heavy atom. The molecule has 0 saturated heterocycles. The molecule has 0 aromatic heterocycles. The molecule has 0 aliphatic heterocycles. The van der Waals surface area contributed by atoms with E-state index < -0.39 is 120 Å². The van der Waals surface area contributed by atoms with Crippen molar-refractivity contribution in [1.29, 1.82) is 0 Å². The van der Waals surface area contributed by atoms with Gasteiger partial charge >= 0.3 is 5.97 Å². The molecule has 0 bridgehead atoms. The van der Waals surface area contributed by atoms with Crippen LogP contribution in [0.25, 0.3) is 0 Å². The van der Waals surface area contributed by atoms with E-state index in [0.717, 1.165) is 0 Å². The highest BCUT2D eigenvalue weighted by molar-refractivity contribution is 7.98. The van der Waals surface area contributed by atoms with Gasteiger partial charge in [0.1, 0.15) is 65.9 Å². The Labute approximate surface area is 518 Å². The second kappa shape index (κ2) is 37.5. The molecule has 3 aromatic rings. The van der Waals surface area contributed by atoms with Crippen LogP contribution < -0.4 is 53.6 Å².